The van der Waals surface area contributed by atoms with E-state index in [1.165, 1.54) is 11.3 Å². The van der Waals surface area contributed by atoms with Gasteiger partial charge in [0.1, 0.15) is 4.21 Å². The third kappa shape index (κ3) is 4.20. The molecule has 7 heteroatoms. The van der Waals surface area contributed by atoms with Crippen LogP contribution in [0.15, 0.2) is 20.1 Å². The maximum atomic E-state index is 11.7. The topological polar surface area (TPSA) is 58.2 Å². The number of rotatable bonds is 6. The van der Waals surface area contributed by atoms with Crippen LogP contribution in [0.25, 0.3) is 0 Å². The lowest BCUT2D eigenvalue weighted by atomic mass is 10.4. The maximum absolute atomic E-state index is 11.7. The molecule has 1 aromatic heterocycles. The van der Waals surface area contributed by atoms with E-state index in [0.717, 1.165) is 16.8 Å². The fourth-order valence-corrected chi connectivity index (χ4v) is 4.11. The number of sulfonamides is 1. The molecule has 86 valence electrons. The number of nitrogens with one attached hydrogen (secondary N) is 2. The van der Waals surface area contributed by atoms with Gasteiger partial charge in [0.15, 0.2) is 0 Å². The molecule has 0 aliphatic heterocycles. The fourth-order valence-electron chi connectivity index (χ4n) is 0.985. The summed E-state index contributed by atoms with van der Waals surface area (Å²) in [6, 6.07) is 3.32. The predicted octanol–water partition coefficient (Wildman–Crippen LogP) is 1.40. The number of halogens is 1. The second kappa shape index (κ2) is 5.95. The zero-order valence-electron chi connectivity index (χ0n) is 8.29. The lowest BCUT2D eigenvalue weighted by Crippen LogP contribution is -2.26. The van der Waals surface area contributed by atoms with E-state index in [0.29, 0.717) is 10.8 Å². The van der Waals surface area contributed by atoms with Crippen LogP contribution in [0.2, 0.25) is 0 Å². The van der Waals surface area contributed by atoms with E-state index in [1.807, 2.05) is 7.05 Å². The molecule has 0 aliphatic carbocycles. The summed E-state index contributed by atoms with van der Waals surface area (Å²) in [6.45, 7) is 1.26. The maximum Gasteiger partial charge on any atom is 0.250 e. The summed E-state index contributed by atoms with van der Waals surface area (Å²) in [4.78, 5) is 0. The average molecular weight is 313 g/mol. The first-order valence-electron chi connectivity index (χ1n) is 4.46. The first kappa shape index (κ1) is 13.1. The van der Waals surface area contributed by atoms with Gasteiger partial charge >= 0.3 is 0 Å². The van der Waals surface area contributed by atoms with Gasteiger partial charge in [-0.25, -0.2) is 13.1 Å². The van der Waals surface area contributed by atoms with Crippen LogP contribution in [0.4, 0.5) is 0 Å². The Kier molecular flexibility index (Phi) is 5.20. The summed E-state index contributed by atoms with van der Waals surface area (Å²) < 4.78 is 27.0. The van der Waals surface area contributed by atoms with Crippen molar-refractivity contribution in [3.63, 3.8) is 0 Å². The van der Waals surface area contributed by atoms with E-state index in [4.69, 9.17) is 0 Å². The quantitative estimate of drug-likeness (QED) is 0.781. The molecule has 0 atom stereocenters. The molecule has 0 saturated carbocycles. The summed E-state index contributed by atoms with van der Waals surface area (Å²) in [5.74, 6) is 0. The molecule has 4 nitrogen and oxygen atoms in total. The second-order valence-electron chi connectivity index (χ2n) is 2.91. The number of hydrogen-bond donors (Lipinski definition) is 2. The van der Waals surface area contributed by atoms with Crippen LogP contribution < -0.4 is 10.0 Å². The Hall–Kier alpha value is 0.0500. The van der Waals surface area contributed by atoms with Crippen molar-refractivity contribution in [3.05, 3.63) is 15.9 Å². The highest BCUT2D eigenvalue weighted by atomic mass is 79.9. The average Bonchev–Trinajstić information content (AvgIpc) is 2.60. The van der Waals surface area contributed by atoms with E-state index in [9.17, 15) is 8.42 Å². The Morgan fingerprint density at radius 2 is 2.13 bits per heavy atom. The van der Waals surface area contributed by atoms with E-state index >= 15 is 0 Å². The van der Waals surface area contributed by atoms with Crippen molar-refractivity contribution in [2.45, 2.75) is 10.6 Å². The van der Waals surface area contributed by atoms with Crippen LogP contribution in [-0.2, 0) is 10.0 Å². The first-order valence-corrected chi connectivity index (χ1v) is 7.55. The minimum Gasteiger partial charge on any atom is -0.320 e. The SMILES string of the molecule is CNCCCNS(=O)(=O)c1ccc(Br)s1. The molecule has 0 unspecified atom stereocenters. The van der Waals surface area contributed by atoms with Crippen molar-refractivity contribution >= 4 is 37.3 Å². The summed E-state index contributed by atoms with van der Waals surface area (Å²) in [7, 11) is -1.47. The van der Waals surface area contributed by atoms with E-state index < -0.39 is 10.0 Å². The Morgan fingerprint density at radius 1 is 1.40 bits per heavy atom. The Labute approximate surface area is 102 Å². The summed E-state index contributed by atoms with van der Waals surface area (Å²) in [5.41, 5.74) is 0. The molecule has 1 rings (SSSR count). The van der Waals surface area contributed by atoms with Crippen molar-refractivity contribution in [1.82, 2.24) is 10.0 Å². The van der Waals surface area contributed by atoms with Gasteiger partial charge in [-0.2, -0.15) is 0 Å². The standard InChI is InChI=1S/C8H13BrN2O2S2/c1-10-5-2-6-11-15(12,13)8-4-3-7(9)14-8/h3-4,10-11H,2,5-6H2,1H3. The van der Waals surface area contributed by atoms with Crippen LogP contribution in [0, 0.1) is 0 Å². The zero-order valence-corrected chi connectivity index (χ0v) is 11.5. The zero-order chi connectivity index (χ0) is 11.3. The number of thiophene rings is 1. The molecule has 1 aromatic rings. The first-order chi connectivity index (χ1) is 7.06. The van der Waals surface area contributed by atoms with Gasteiger partial charge in [0.05, 0.1) is 3.79 Å². The molecule has 1 heterocycles. The lowest BCUT2D eigenvalue weighted by molar-refractivity contribution is 0.579. The third-order valence-electron chi connectivity index (χ3n) is 1.71. The van der Waals surface area contributed by atoms with Crippen molar-refractivity contribution < 1.29 is 8.42 Å². The van der Waals surface area contributed by atoms with Crippen molar-refractivity contribution in [3.8, 4) is 0 Å². The van der Waals surface area contributed by atoms with E-state index in [-0.39, 0.29) is 0 Å². The van der Waals surface area contributed by atoms with Crippen molar-refractivity contribution in [2.75, 3.05) is 20.1 Å². The minimum absolute atomic E-state index is 0.346. The normalized spacial score (nSPS) is 11.9. The van der Waals surface area contributed by atoms with Gasteiger partial charge in [-0.05, 0) is 48.1 Å². The molecule has 0 bridgehead atoms. The van der Waals surface area contributed by atoms with Crippen LogP contribution in [0.5, 0.6) is 0 Å². The molecule has 0 aromatic carbocycles. The predicted molar refractivity (Wildman–Crippen MR) is 65.8 cm³/mol. The molecule has 0 aliphatic rings. The molecular weight excluding hydrogens is 300 g/mol. The second-order valence-corrected chi connectivity index (χ2v) is 7.37. The third-order valence-corrected chi connectivity index (χ3v) is 5.29. The van der Waals surface area contributed by atoms with Crippen molar-refractivity contribution in [2.24, 2.45) is 0 Å². The summed E-state index contributed by atoms with van der Waals surface area (Å²) in [6.07, 6.45) is 0.780. The van der Waals surface area contributed by atoms with Gasteiger partial charge in [0, 0.05) is 6.54 Å². The van der Waals surface area contributed by atoms with Crippen LogP contribution >= 0.6 is 27.3 Å². The largest absolute Gasteiger partial charge is 0.320 e. The summed E-state index contributed by atoms with van der Waals surface area (Å²) in [5, 5.41) is 2.96. The van der Waals surface area contributed by atoms with Crippen LogP contribution in [0.1, 0.15) is 6.42 Å². The molecule has 0 fully saturated rings. The van der Waals surface area contributed by atoms with Gasteiger partial charge in [0.25, 0.3) is 0 Å². The van der Waals surface area contributed by atoms with Crippen molar-refractivity contribution in [1.29, 1.82) is 0 Å². The molecular formula is C8H13BrN2O2S2. The molecule has 0 spiro atoms. The highest BCUT2D eigenvalue weighted by Crippen LogP contribution is 2.25. The van der Waals surface area contributed by atoms with Crippen LogP contribution in [0.3, 0.4) is 0 Å². The monoisotopic (exact) mass is 312 g/mol. The van der Waals surface area contributed by atoms with E-state index in [1.54, 1.807) is 12.1 Å². The highest BCUT2D eigenvalue weighted by Gasteiger charge is 2.15. The molecule has 0 amide bonds. The van der Waals surface area contributed by atoms with Gasteiger partial charge < -0.3 is 5.32 Å². The Bertz CT molecular complexity index is 403. The highest BCUT2D eigenvalue weighted by molar-refractivity contribution is 9.11. The molecule has 2 N–H and O–H groups in total. The van der Waals surface area contributed by atoms with E-state index in [2.05, 4.69) is 26.0 Å². The van der Waals surface area contributed by atoms with Gasteiger partial charge in [-0.1, -0.05) is 0 Å². The fraction of sp³-hybridized carbons (Fsp3) is 0.500. The number of hydrogen-bond acceptors (Lipinski definition) is 4. The Balaban J connectivity index is 2.53. The molecule has 0 saturated heterocycles. The summed E-state index contributed by atoms with van der Waals surface area (Å²) >= 11 is 4.44. The van der Waals surface area contributed by atoms with Gasteiger partial charge in [-0.3, -0.25) is 0 Å². The molecule has 0 radical (unpaired) electrons. The van der Waals surface area contributed by atoms with Crippen LogP contribution in [-0.4, -0.2) is 28.6 Å². The van der Waals surface area contributed by atoms with Gasteiger partial charge in [-0.15, -0.1) is 11.3 Å². The van der Waals surface area contributed by atoms with Gasteiger partial charge in [0.2, 0.25) is 10.0 Å². The molecule has 15 heavy (non-hydrogen) atoms. The Morgan fingerprint density at radius 3 is 2.67 bits per heavy atom. The smallest absolute Gasteiger partial charge is 0.250 e. The minimum atomic E-state index is -3.31. The lowest BCUT2D eigenvalue weighted by Gasteiger charge is -2.03.